The fourth-order valence-electron chi connectivity index (χ4n) is 2.06. The zero-order valence-electron chi connectivity index (χ0n) is 11.0. The second-order valence-corrected chi connectivity index (χ2v) is 5.82. The summed E-state index contributed by atoms with van der Waals surface area (Å²) in [5, 5.41) is 24.5. The number of phenols is 1. The van der Waals surface area contributed by atoms with Crippen LogP contribution in [0.5, 0.6) is 5.75 Å². The molecule has 0 unspecified atom stereocenters. The second kappa shape index (κ2) is 5.20. The third kappa shape index (κ3) is 2.54. The zero-order chi connectivity index (χ0) is 15.7. The molecule has 3 N–H and O–H groups in total. The van der Waals surface area contributed by atoms with Crippen molar-refractivity contribution in [3.8, 4) is 5.75 Å². The maximum absolute atomic E-state index is 11.6. The number of aromatic nitrogens is 3. The van der Waals surface area contributed by atoms with E-state index in [-0.39, 0.29) is 17.3 Å². The van der Waals surface area contributed by atoms with Crippen molar-refractivity contribution in [1.82, 2.24) is 15.4 Å². The summed E-state index contributed by atoms with van der Waals surface area (Å²) in [7, 11) is -4.55. The van der Waals surface area contributed by atoms with Gasteiger partial charge in [0, 0.05) is 11.5 Å². The van der Waals surface area contributed by atoms with E-state index in [4.69, 9.17) is 0 Å². The van der Waals surface area contributed by atoms with E-state index in [1.54, 1.807) is 24.3 Å². The van der Waals surface area contributed by atoms with E-state index >= 15 is 0 Å². The van der Waals surface area contributed by atoms with Gasteiger partial charge in [-0.2, -0.15) is 8.42 Å². The van der Waals surface area contributed by atoms with Crippen LogP contribution >= 0.6 is 0 Å². The summed E-state index contributed by atoms with van der Waals surface area (Å²) in [6.45, 7) is 0. The molecule has 0 saturated carbocycles. The molecule has 0 amide bonds. The first-order chi connectivity index (χ1) is 10.5. The summed E-state index contributed by atoms with van der Waals surface area (Å²) in [6.07, 6.45) is 1.35. The van der Waals surface area contributed by atoms with Crippen LogP contribution < -0.4 is 5.32 Å². The van der Waals surface area contributed by atoms with Gasteiger partial charge in [0.05, 0.1) is 6.20 Å². The van der Waals surface area contributed by atoms with E-state index in [1.165, 1.54) is 18.3 Å². The van der Waals surface area contributed by atoms with Crippen molar-refractivity contribution in [1.29, 1.82) is 0 Å². The second-order valence-electron chi connectivity index (χ2n) is 4.43. The fourth-order valence-corrected chi connectivity index (χ4v) is 2.74. The lowest BCUT2D eigenvalue weighted by atomic mass is 10.1. The van der Waals surface area contributed by atoms with Crippen molar-refractivity contribution >= 4 is 32.4 Å². The van der Waals surface area contributed by atoms with Crippen LogP contribution in [0.3, 0.4) is 0 Å². The molecule has 1 heterocycles. The molecule has 0 fully saturated rings. The minimum Gasteiger partial charge on any atom is -0.505 e. The van der Waals surface area contributed by atoms with Gasteiger partial charge < -0.3 is 10.4 Å². The van der Waals surface area contributed by atoms with Gasteiger partial charge in [-0.1, -0.05) is 24.3 Å². The summed E-state index contributed by atoms with van der Waals surface area (Å²) in [5.41, 5.74) is -0.179. The van der Waals surface area contributed by atoms with Crippen molar-refractivity contribution in [3.05, 3.63) is 42.6 Å². The third-order valence-corrected chi connectivity index (χ3v) is 3.90. The van der Waals surface area contributed by atoms with Crippen LogP contribution in [0.25, 0.3) is 10.8 Å². The van der Waals surface area contributed by atoms with Crippen molar-refractivity contribution in [3.63, 3.8) is 0 Å². The Balaban J connectivity index is 2.28. The van der Waals surface area contributed by atoms with Crippen molar-refractivity contribution in [2.45, 2.75) is 4.90 Å². The normalized spacial score (nSPS) is 11.5. The molecule has 0 aliphatic heterocycles. The molecule has 9 heteroatoms. The number of rotatable bonds is 3. The number of aromatic hydroxyl groups is 1. The molecule has 1 aromatic heterocycles. The highest BCUT2D eigenvalue weighted by Gasteiger charge is 2.22. The third-order valence-electron chi connectivity index (χ3n) is 3.02. The molecule has 0 radical (unpaired) electrons. The van der Waals surface area contributed by atoms with E-state index in [9.17, 15) is 18.1 Å². The molecule has 0 aliphatic rings. The van der Waals surface area contributed by atoms with E-state index in [0.717, 1.165) is 0 Å². The molecule has 0 atom stereocenters. The minimum absolute atomic E-state index is 0.172. The number of nitrogens with one attached hydrogen (secondary N) is 1. The summed E-state index contributed by atoms with van der Waals surface area (Å²) in [6, 6.07) is 9.35. The van der Waals surface area contributed by atoms with Gasteiger partial charge in [-0.15, -0.1) is 10.2 Å². The first-order valence-corrected chi connectivity index (χ1v) is 7.54. The summed E-state index contributed by atoms with van der Waals surface area (Å²) >= 11 is 0. The van der Waals surface area contributed by atoms with Gasteiger partial charge in [0.2, 0.25) is 0 Å². The first-order valence-electron chi connectivity index (χ1n) is 6.10. The van der Waals surface area contributed by atoms with E-state index in [1.807, 2.05) is 0 Å². The Hall–Kier alpha value is -2.78. The quantitative estimate of drug-likeness (QED) is 0.492. The monoisotopic (exact) mass is 318 g/mol. The molecule has 0 saturated heterocycles. The van der Waals surface area contributed by atoms with Gasteiger partial charge in [0.25, 0.3) is 10.1 Å². The Morgan fingerprint density at radius 2 is 1.91 bits per heavy atom. The lowest BCUT2D eigenvalue weighted by Crippen LogP contribution is -2.05. The Morgan fingerprint density at radius 3 is 2.59 bits per heavy atom. The fraction of sp³-hybridized carbons (Fsp3) is 0. The lowest BCUT2D eigenvalue weighted by molar-refractivity contribution is 0.473. The topological polar surface area (TPSA) is 125 Å². The molecule has 112 valence electrons. The van der Waals surface area contributed by atoms with Crippen LogP contribution in [0.1, 0.15) is 0 Å². The lowest BCUT2D eigenvalue weighted by Gasteiger charge is -2.13. The predicted octanol–water partition coefficient (Wildman–Crippen LogP) is 1.72. The smallest absolute Gasteiger partial charge is 0.296 e. The van der Waals surface area contributed by atoms with Crippen LogP contribution in [0.15, 0.2) is 47.5 Å². The molecule has 3 aromatic rings. The summed E-state index contributed by atoms with van der Waals surface area (Å²) in [5.74, 6) is -0.144. The predicted molar refractivity (Wildman–Crippen MR) is 78.5 cm³/mol. The van der Waals surface area contributed by atoms with Crippen molar-refractivity contribution < 1.29 is 18.1 Å². The molecular weight excluding hydrogens is 308 g/mol. The number of hydrogen-bond acceptors (Lipinski definition) is 7. The Morgan fingerprint density at radius 1 is 1.14 bits per heavy atom. The summed E-state index contributed by atoms with van der Waals surface area (Å²) in [4.78, 5) is -0.456. The molecule has 8 nitrogen and oxygen atoms in total. The van der Waals surface area contributed by atoms with Crippen molar-refractivity contribution in [2.75, 3.05) is 5.32 Å². The molecule has 3 rings (SSSR count). The highest BCUT2D eigenvalue weighted by Crippen LogP contribution is 2.39. The average molecular weight is 318 g/mol. The van der Waals surface area contributed by atoms with Gasteiger partial charge in [0.15, 0.2) is 5.82 Å². The van der Waals surface area contributed by atoms with Crippen LogP contribution in [0.4, 0.5) is 11.5 Å². The van der Waals surface area contributed by atoms with Crippen LogP contribution in [0.2, 0.25) is 0 Å². The van der Waals surface area contributed by atoms with Gasteiger partial charge in [-0.3, -0.25) is 4.55 Å². The van der Waals surface area contributed by atoms with E-state index < -0.39 is 15.0 Å². The Labute approximate surface area is 125 Å². The molecule has 2 aromatic carbocycles. The number of hydrogen-bond donors (Lipinski definition) is 3. The highest BCUT2D eigenvalue weighted by atomic mass is 32.2. The molecule has 0 aliphatic carbocycles. The number of fused-ring (bicyclic) bond motifs is 1. The SMILES string of the molecule is O=S(=O)(O)c1cc2ccccc2c(O)c1Nc1ccnnn1. The zero-order valence-corrected chi connectivity index (χ0v) is 11.8. The molecular formula is C13H10N4O4S. The average Bonchev–Trinajstić information content (AvgIpc) is 2.50. The Bertz CT molecular complexity index is 945. The maximum atomic E-state index is 11.6. The highest BCUT2D eigenvalue weighted by molar-refractivity contribution is 7.86. The summed E-state index contributed by atoms with van der Waals surface area (Å²) < 4.78 is 32.6. The largest absolute Gasteiger partial charge is 0.505 e. The van der Waals surface area contributed by atoms with Gasteiger partial charge in [-0.05, 0) is 16.7 Å². The van der Waals surface area contributed by atoms with Crippen LogP contribution in [-0.2, 0) is 10.1 Å². The number of nitrogens with zero attached hydrogens (tertiary/aromatic N) is 3. The Kier molecular flexibility index (Phi) is 3.35. The maximum Gasteiger partial charge on any atom is 0.296 e. The van der Waals surface area contributed by atoms with Gasteiger partial charge >= 0.3 is 0 Å². The molecule has 22 heavy (non-hydrogen) atoms. The standard InChI is InChI=1S/C13H10N4O4S/c18-13-9-4-2-1-3-8(9)7-10(22(19,20)21)12(13)15-11-5-6-14-17-16-11/h1-7,18H,(H,14,15,16)(H,19,20,21). The molecule has 0 bridgehead atoms. The minimum atomic E-state index is -4.55. The van der Waals surface area contributed by atoms with Gasteiger partial charge in [0.1, 0.15) is 16.3 Å². The number of phenolic OH excluding ortho intramolecular Hbond substituents is 1. The van der Waals surface area contributed by atoms with E-state index in [2.05, 4.69) is 20.7 Å². The molecule has 0 spiro atoms. The number of benzene rings is 2. The van der Waals surface area contributed by atoms with Crippen LogP contribution in [-0.4, -0.2) is 33.5 Å². The van der Waals surface area contributed by atoms with Crippen molar-refractivity contribution in [2.24, 2.45) is 0 Å². The van der Waals surface area contributed by atoms with Gasteiger partial charge in [-0.25, -0.2) is 0 Å². The first kappa shape index (κ1) is 14.2. The number of anilines is 2. The van der Waals surface area contributed by atoms with E-state index in [0.29, 0.717) is 10.8 Å². The van der Waals surface area contributed by atoms with Crippen LogP contribution in [0, 0.1) is 0 Å².